The highest BCUT2D eigenvalue weighted by Crippen LogP contribution is 2.29. The Hall–Kier alpha value is -1.56. The summed E-state index contributed by atoms with van der Waals surface area (Å²) in [4.78, 5) is 25.4. The molecule has 0 N–H and O–H groups in total. The first-order chi connectivity index (χ1) is 11.3. The average Bonchev–Trinajstić information content (AvgIpc) is 2.55. The third-order valence-electron chi connectivity index (χ3n) is 3.52. The van der Waals surface area contributed by atoms with Crippen molar-refractivity contribution in [3.05, 3.63) is 46.5 Å². The van der Waals surface area contributed by atoms with Crippen molar-refractivity contribution >= 4 is 35.1 Å². The Bertz CT molecular complexity index is 606. The fourth-order valence-electron chi connectivity index (χ4n) is 1.90. The second kappa shape index (κ2) is 9.67. The first-order valence-electron chi connectivity index (χ1n) is 7.37. The van der Waals surface area contributed by atoms with Crippen molar-refractivity contribution in [3.63, 3.8) is 0 Å². The predicted octanol–water partition coefficient (Wildman–Crippen LogP) is 3.65. The number of benzene rings is 1. The molecule has 5 nitrogen and oxygen atoms in total. The Morgan fingerprint density at radius 3 is 2.58 bits per heavy atom. The topological polar surface area (TPSA) is 55.8 Å². The Labute approximate surface area is 152 Å². The Morgan fingerprint density at radius 1 is 1.33 bits per heavy atom. The number of halogens is 2. The van der Waals surface area contributed by atoms with Gasteiger partial charge >= 0.3 is 5.97 Å². The van der Waals surface area contributed by atoms with Gasteiger partial charge in [-0.2, -0.15) is 0 Å². The quantitative estimate of drug-likeness (QED) is 0.515. The van der Waals surface area contributed by atoms with Gasteiger partial charge in [0.05, 0.1) is 12.6 Å². The molecule has 1 amide bonds. The van der Waals surface area contributed by atoms with Gasteiger partial charge < -0.3 is 14.4 Å². The van der Waals surface area contributed by atoms with Crippen LogP contribution in [0.1, 0.15) is 25.5 Å². The maximum absolute atomic E-state index is 12.2. The summed E-state index contributed by atoms with van der Waals surface area (Å²) < 4.78 is 10.1. The highest BCUT2D eigenvalue weighted by Gasteiger charge is 2.22. The van der Waals surface area contributed by atoms with Crippen molar-refractivity contribution in [2.24, 2.45) is 0 Å². The normalized spacial score (nSPS) is 13.0. The summed E-state index contributed by atoms with van der Waals surface area (Å²) in [7, 11) is 1.61. The van der Waals surface area contributed by atoms with Crippen LogP contribution in [0.3, 0.4) is 0 Å². The maximum atomic E-state index is 12.2. The molecular formula is C17H21Cl2NO4. The van der Waals surface area contributed by atoms with Gasteiger partial charge in [0.2, 0.25) is 0 Å². The van der Waals surface area contributed by atoms with Gasteiger partial charge in [-0.15, -0.1) is 6.58 Å². The van der Waals surface area contributed by atoms with Gasteiger partial charge in [-0.3, -0.25) is 4.79 Å². The van der Waals surface area contributed by atoms with E-state index in [0.29, 0.717) is 10.0 Å². The summed E-state index contributed by atoms with van der Waals surface area (Å²) in [6.07, 6.45) is 0.768. The molecular weight excluding hydrogens is 353 g/mol. The van der Waals surface area contributed by atoms with Crippen molar-refractivity contribution in [1.82, 2.24) is 4.90 Å². The highest BCUT2D eigenvalue weighted by atomic mass is 35.5. The zero-order chi connectivity index (χ0) is 18.3. The molecule has 0 bridgehead atoms. The number of rotatable bonds is 8. The molecule has 1 aromatic carbocycles. The van der Waals surface area contributed by atoms with Crippen LogP contribution in [0.5, 0.6) is 0 Å². The van der Waals surface area contributed by atoms with Crippen LogP contribution in [-0.2, 0) is 19.1 Å². The van der Waals surface area contributed by atoms with Crippen LogP contribution in [0.2, 0.25) is 10.0 Å². The summed E-state index contributed by atoms with van der Waals surface area (Å²) in [5.74, 6) is -0.950. The number of nitrogens with zero attached hydrogens (tertiary/aromatic N) is 1. The zero-order valence-electron chi connectivity index (χ0n) is 13.9. The van der Waals surface area contributed by atoms with Gasteiger partial charge in [-0.05, 0) is 31.5 Å². The van der Waals surface area contributed by atoms with Crippen molar-refractivity contribution in [2.45, 2.75) is 26.0 Å². The second-order valence-electron chi connectivity index (χ2n) is 5.22. The monoisotopic (exact) mass is 373 g/mol. The van der Waals surface area contributed by atoms with E-state index in [4.69, 9.17) is 32.7 Å². The van der Waals surface area contributed by atoms with E-state index >= 15 is 0 Å². The number of hydrogen-bond donors (Lipinski definition) is 0. The van der Waals surface area contributed by atoms with Crippen molar-refractivity contribution in [2.75, 3.05) is 20.3 Å². The summed E-state index contributed by atoms with van der Waals surface area (Å²) in [5.41, 5.74) is 0.755. The zero-order valence-corrected chi connectivity index (χ0v) is 15.4. The summed E-state index contributed by atoms with van der Waals surface area (Å²) in [6.45, 7) is 6.73. The fourth-order valence-corrected chi connectivity index (χ4v) is 2.46. The van der Waals surface area contributed by atoms with E-state index in [2.05, 4.69) is 6.58 Å². The fraction of sp³-hybridized carbons (Fsp3) is 0.412. The lowest BCUT2D eigenvalue weighted by Gasteiger charge is -2.26. The molecule has 2 atom stereocenters. The molecule has 0 spiro atoms. The molecule has 0 aromatic heterocycles. The van der Waals surface area contributed by atoms with E-state index in [1.807, 2.05) is 6.92 Å². The van der Waals surface area contributed by atoms with Crippen molar-refractivity contribution < 1.29 is 19.1 Å². The lowest BCUT2D eigenvalue weighted by molar-refractivity contribution is -0.160. The molecule has 0 aliphatic carbocycles. The minimum absolute atomic E-state index is 0.232. The Kier molecular flexibility index (Phi) is 8.25. The summed E-state index contributed by atoms with van der Waals surface area (Å²) in [6, 6.07) is 4.79. The van der Waals surface area contributed by atoms with Crippen LogP contribution in [0, 0.1) is 0 Å². The van der Waals surface area contributed by atoms with Gasteiger partial charge in [0, 0.05) is 17.1 Å². The number of likely N-dealkylation sites (N-methyl/N-ethyl adjacent to an activating group) is 1. The summed E-state index contributed by atoms with van der Waals surface area (Å²) in [5, 5.41) is 0.991. The van der Waals surface area contributed by atoms with E-state index in [1.54, 1.807) is 32.2 Å². The molecule has 0 heterocycles. The lowest BCUT2D eigenvalue weighted by Crippen LogP contribution is -2.35. The molecule has 1 aromatic rings. The van der Waals surface area contributed by atoms with E-state index < -0.39 is 12.1 Å². The van der Waals surface area contributed by atoms with E-state index in [1.165, 1.54) is 11.0 Å². The SMILES string of the molecule is C=CCOC(C)C(=O)OCC(=O)N(C)C(C)c1ccc(Cl)cc1Cl. The third-order valence-corrected chi connectivity index (χ3v) is 4.08. The molecule has 2 unspecified atom stereocenters. The number of esters is 1. The standard InChI is InChI=1S/C17H21Cl2NO4/c1-5-8-23-12(3)17(22)24-10-16(21)20(4)11(2)14-7-6-13(18)9-15(14)19/h5-7,9,11-12H,1,8,10H2,2-4H3. The third kappa shape index (κ3) is 5.82. The molecule has 132 valence electrons. The lowest BCUT2D eigenvalue weighted by atomic mass is 10.1. The smallest absolute Gasteiger partial charge is 0.335 e. The number of hydrogen-bond acceptors (Lipinski definition) is 4. The molecule has 0 fully saturated rings. The average molecular weight is 374 g/mol. The molecule has 0 aliphatic heterocycles. The van der Waals surface area contributed by atoms with Crippen LogP contribution in [0.25, 0.3) is 0 Å². The van der Waals surface area contributed by atoms with Crippen LogP contribution in [0.4, 0.5) is 0 Å². The second-order valence-corrected chi connectivity index (χ2v) is 6.06. The molecule has 1 rings (SSSR count). The number of ether oxygens (including phenoxy) is 2. The molecule has 0 saturated carbocycles. The van der Waals surface area contributed by atoms with Gasteiger partial charge in [0.25, 0.3) is 5.91 Å². The maximum Gasteiger partial charge on any atom is 0.335 e. The Balaban J connectivity index is 2.60. The van der Waals surface area contributed by atoms with Crippen LogP contribution in [-0.4, -0.2) is 43.1 Å². The Morgan fingerprint density at radius 2 is 2.00 bits per heavy atom. The minimum atomic E-state index is -0.760. The molecule has 0 radical (unpaired) electrons. The van der Waals surface area contributed by atoms with Gasteiger partial charge in [-0.1, -0.05) is 35.3 Å². The van der Waals surface area contributed by atoms with Crippen molar-refractivity contribution in [3.8, 4) is 0 Å². The van der Waals surface area contributed by atoms with Crippen LogP contribution < -0.4 is 0 Å². The van der Waals surface area contributed by atoms with Gasteiger partial charge in [0.1, 0.15) is 0 Å². The number of carbonyl (C=O) groups excluding carboxylic acids is 2. The molecule has 7 heteroatoms. The van der Waals surface area contributed by atoms with Crippen molar-refractivity contribution in [1.29, 1.82) is 0 Å². The number of amides is 1. The number of carbonyl (C=O) groups is 2. The largest absolute Gasteiger partial charge is 0.454 e. The first kappa shape index (κ1) is 20.5. The predicted molar refractivity (Wildman–Crippen MR) is 94.2 cm³/mol. The minimum Gasteiger partial charge on any atom is -0.454 e. The molecule has 0 saturated heterocycles. The van der Waals surface area contributed by atoms with Gasteiger partial charge in [-0.25, -0.2) is 4.79 Å². The molecule has 0 aliphatic rings. The first-order valence-corrected chi connectivity index (χ1v) is 8.13. The van der Waals surface area contributed by atoms with E-state index in [9.17, 15) is 9.59 Å². The van der Waals surface area contributed by atoms with Crippen LogP contribution >= 0.6 is 23.2 Å². The highest BCUT2D eigenvalue weighted by molar-refractivity contribution is 6.35. The van der Waals surface area contributed by atoms with E-state index in [0.717, 1.165) is 5.56 Å². The van der Waals surface area contributed by atoms with Gasteiger partial charge in [0.15, 0.2) is 12.7 Å². The summed E-state index contributed by atoms with van der Waals surface area (Å²) >= 11 is 12.0. The van der Waals surface area contributed by atoms with Crippen LogP contribution in [0.15, 0.2) is 30.9 Å². The molecule has 24 heavy (non-hydrogen) atoms. The van der Waals surface area contributed by atoms with E-state index in [-0.39, 0.29) is 25.2 Å².